The Hall–Kier alpha value is -9.13. The maximum absolute atomic E-state index is 6.90. The zero-order chi connectivity index (χ0) is 43.7. The molecule has 6 nitrogen and oxygen atoms in total. The highest BCUT2D eigenvalue weighted by Crippen LogP contribution is 2.44. The van der Waals surface area contributed by atoms with Gasteiger partial charge in [0.1, 0.15) is 22.3 Å². The van der Waals surface area contributed by atoms with Crippen LogP contribution in [0.2, 0.25) is 0 Å². The Balaban J connectivity index is 1.04. The first-order valence-corrected chi connectivity index (χ1v) is 22.6. The molecule has 15 rings (SSSR count). The average molecular weight is 855 g/mol. The van der Waals surface area contributed by atoms with Crippen molar-refractivity contribution in [2.45, 2.75) is 0 Å². The molecule has 0 radical (unpaired) electrons. The number of rotatable bonds is 4. The van der Waals surface area contributed by atoms with Crippen molar-refractivity contribution in [1.82, 2.24) is 19.5 Å². The molecule has 11 aromatic carbocycles. The van der Waals surface area contributed by atoms with Gasteiger partial charge in [-0.1, -0.05) is 152 Å². The van der Waals surface area contributed by atoms with E-state index < -0.39 is 0 Å². The number of nitrogens with zero attached hydrogens (tertiary/aromatic N) is 4. The minimum Gasteiger partial charge on any atom is -0.456 e. The summed E-state index contributed by atoms with van der Waals surface area (Å²) >= 11 is 0. The van der Waals surface area contributed by atoms with Crippen molar-refractivity contribution in [1.29, 1.82) is 0 Å². The maximum Gasteiger partial charge on any atom is 0.167 e. The first kappa shape index (κ1) is 36.2. The van der Waals surface area contributed by atoms with Crippen LogP contribution in [0, 0.1) is 0 Å². The van der Waals surface area contributed by atoms with Gasteiger partial charge in [-0.25, -0.2) is 15.0 Å². The molecule has 0 aliphatic heterocycles. The summed E-state index contributed by atoms with van der Waals surface area (Å²) in [5.41, 5.74) is 9.04. The number of benzene rings is 11. The predicted molar refractivity (Wildman–Crippen MR) is 275 cm³/mol. The van der Waals surface area contributed by atoms with Crippen LogP contribution in [-0.4, -0.2) is 19.5 Å². The van der Waals surface area contributed by atoms with Crippen LogP contribution in [0.4, 0.5) is 0 Å². The zero-order valence-corrected chi connectivity index (χ0v) is 35.7. The van der Waals surface area contributed by atoms with Crippen molar-refractivity contribution in [3.05, 3.63) is 206 Å². The Morgan fingerprint density at radius 1 is 0.299 bits per heavy atom. The van der Waals surface area contributed by atoms with Gasteiger partial charge in [0.2, 0.25) is 0 Å². The van der Waals surface area contributed by atoms with E-state index in [1.165, 1.54) is 32.3 Å². The number of aromatic nitrogens is 4. The predicted octanol–water partition coefficient (Wildman–Crippen LogP) is 16.4. The minimum atomic E-state index is 0.518. The first-order valence-electron chi connectivity index (χ1n) is 22.6. The van der Waals surface area contributed by atoms with Crippen molar-refractivity contribution in [2.75, 3.05) is 0 Å². The molecule has 0 spiro atoms. The van der Waals surface area contributed by atoms with Gasteiger partial charge in [-0.05, 0) is 97.7 Å². The topological polar surface area (TPSA) is 69.9 Å². The third-order valence-electron chi connectivity index (χ3n) is 13.8. The molecule has 0 saturated heterocycles. The standard InChI is InChI=1S/C61H34N4O2/c1-2-16-38-34-51-48(32-37(38)15-1)55-42-19-6-4-14-36(42)27-30-50(55)65(51)40-28-29-43-39(31-40)33-49(58-57(43)46-21-8-10-25-53(46)67-58)61-63-59(44-22-11-17-35-13-3-5-18-41(35)44)62-60(64-61)47-23-12-26-54-56(47)45-20-7-9-24-52(45)66-54/h1-34H. The number of fused-ring (bicyclic) bond motifs is 15. The van der Waals surface area contributed by atoms with E-state index >= 15 is 0 Å². The molecule has 0 amide bonds. The van der Waals surface area contributed by atoms with E-state index in [1.807, 2.05) is 42.5 Å². The fourth-order valence-corrected chi connectivity index (χ4v) is 10.8. The quantitative estimate of drug-likeness (QED) is 0.176. The Bertz CT molecular complexity index is 4590. The molecule has 0 atom stereocenters. The van der Waals surface area contributed by atoms with Gasteiger partial charge >= 0.3 is 0 Å². The van der Waals surface area contributed by atoms with Crippen molar-refractivity contribution >= 4 is 109 Å². The molecule has 0 bridgehead atoms. The Morgan fingerprint density at radius 2 is 0.866 bits per heavy atom. The zero-order valence-electron chi connectivity index (χ0n) is 35.7. The molecule has 0 N–H and O–H groups in total. The Labute approximate surface area is 381 Å². The summed E-state index contributed by atoms with van der Waals surface area (Å²) in [7, 11) is 0. The van der Waals surface area contributed by atoms with Crippen LogP contribution < -0.4 is 0 Å². The summed E-state index contributed by atoms with van der Waals surface area (Å²) < 4.78 is 15.7. The van der Waals surface area contributed by atoms with Gasteiger partial charge in [0, 0.05) is 49.1 Å². The Morgan fingerprint density at radius 3 is 1.67 bits per heavy atom. The van der Waals surface area contributed by atoms with Crippen molar-refractivity contribution in [3.8, 4) is 39.9 Å². The molecule has 0 fully saturated rings. The van der Waals surface area contributed by atoms with Crippen molar-refractivity contribution < 1.29 is 8.83 Å². The molecule has 67 heavy (non-hydrogen) atoms. The van der Waals surface area contributed by atoms with Gasteiger partial charge in [-0.2, -0.15) is 0 Å². The SMILES string of the molecule is c1ccc2cc3c(cc2c1)c1c2ccccc2ccc1n3-c1ccc2c(c1)cc(-c1nc(-c3cccc4ccccc34)nc(-c3cccc4oc5ccccc5c34)n1)c1oc3ccccc3c12. The maximum atomic E-state index is 6.90. The van der Waals surface area contributed by atoms with Gasteiger partial charge in [-0.3, -0.25) is 0 Å². The highest BCUT2D eigenvalue weighted by Gasteiger charge is 2.24. The van der Waals surface area contributed by atoms with E-state index in [-0.39, 0.29) is 0 Å². The molecular formula is C61H34N4O2. The van der Waals surface area contributed by atoms with E-state index in [2.05, 4.69) is 168 Å². The van der Waals surface area contributed by atoms with E-state index in [9.17, 15) is 0 Å². The van der Waals surface area contributed by atoms with Crippen LogP contribution in [0.3, 0.4) is 0 Å². The smallest absolute Gasteiger partial charge is 0.167 e. The second-order valence-corrected chi connectivity index (χ2v) is 17.5. The summed E-state index contributed by atoms with van der Waals surface area (Å²) in [6, 6.07) is 72.8. The van der Waals surface area contributed by atoms with Crippen LogP contribution in [0.15, 0.2) is 215 Å². The lowest BCUT2D eigenvalue weighted by Gasteiger charge is -2.13. The van der Waals surface area contributed by atoms with Gasteiger partial charge in [0.05, 0.1) is 16.6 Å². The first-order chi connectivity index (χ1) is 33.2. The summed E-state index contributed by atoms with van der Waals surface area (Å²) in [5.74, 6) is 1.64. The molecule has 4 heterocycles. The van der Waals surface area contributed by atoms with E-state index in [1.54, 1.807) is 0 Å². The monoisotopic (exact) mass is 854 g/mol. The Kier molecular flexibility index (Phi) is 7.40. The third kappa shape index (κ3) is 5.29. The molecule has 0 aliphatic carbocycles. The highest BCUT2D eigenvalue weighted by atomic mass is 16.3. The van der Waals surface area contributed by atoms with E-state index in [4.69, 9.17) is 23.8 Å². The fourth-order valence-electron chi connectivity index (χ4n) is 10.8. The summed E-state index contributed by atoms with van der Waals surface area (Å²) in [6.45, 7) is 0. The van der Waals surface area contributed by atoms with Crippen LogP contribution in [0.5, 0.6) is 0 Å². The lowest BCUT2D eigenvalue weighted by Crippen LogP contribution is -2.01. The lowest BCUT2D eigenvalue weighted by atomic mass is 9.98. The van der Waals surface area contributed by atoms with E-state index in [0.29, 0.717) is 17.5 Å². The van der Waals surface area contributed by atoms with E-state index in [0.717, 1.165) is 98.8 Å². The summed E-state index contributed by atoms with van der Waals surface area (Å²) in [5, 5.41) is 15.7. The number of hydrogen-bond acceptors (Lipinski definition) is 5. The van der Waals surface area contributed by atoms with Crippen molar-refractivity contribution in [3.63, 3.8) is 0 Å². The van der Waals surface area contributed by atoms with Crippen LogP contribution in [0.25, 0.3) is 149 Å². The molecule has 6 heteroatoms. The number of hydrogen-bond donors (Lipinski definition) is 0. The lowest BCUT2D eigenvalue weighted by molar-refractivity contribution is 0.668. The molecule has 4 aromatic heterocycles. The van der Waals surface area contributed by atoms with Gasteiger partial charge in [-0.15, -0.1) is 0 Å². The molecule has 310 valence electrons. The second kappa shape index (κ2) is 13.7. The minimum absolute atomic E-state index is 0.518. The molecule has 0 aliphatic rings. The molecule has 0 unspecified atom stereocenters. The average Bonchev–Trinajstić information content (AvgIpc) is 4.07. The van der Waals surface area contributed by atoms with Crippen molar-refractivity contribution in [2.24, 2.45) is 0 Å². The normalized spacial score (nSPS) is 12.2. The number of para-hydroxylation sites is 2. The van der Waals surface area contributed by atoms with Crippen LogP contribution >= 0.6 is 0 Å². The van der Waals surface area contributed by atoms with Gasteiger partial charge in [0.15, 0.2) is 17.5 Å². The third-order valence-corrected chi connectivity index (χ3v) is 13.8. The molecule has 15 aromatic rings. The fraction of sp³-hybridized carbons (Fsp3) is 0. The summed E-state index contributed by atoms with van der Waals surface area (Å²) in [6.07, 6.45) is 0. The summed E-state index contributed by atoms with van der Waals surface area (Å²) in [4.78, 5) is 16.2. The second-order valence-electron chi connectivity index (χ2n) is 17.5. The van der Waals surface area contributed by atoms with Gasteiger partial charge < -0.3 is 13.4 Å². The molecule has 0 saturated carbocycles. The van der Waals surface area contributed by atoms with Crippen LogP contribution in [-0.2, 0) is 0 Å². The van der Waals surface area contributed by atoms with Gasteiger partial charge in [0.25, 0.3) is 0 Å². The van der Waals surface area contributed by atoms with Crippen LogP contribution in [0.1, 0.15) is 0 Å². The highest BCUT2D eigenvalue weighted by molar-refractivity contribution is 6.25. The molecular weight excluding hydrogens is 821 g/mol. The number of furan rings is 2. The largest absolute Gasteiger partial charge is 0.456 e.